The molecule has 0 aliphatic carbocycles. The number of aromatic hydroxyl groups is 1. The molecule has 2 aromatic heterocycles. The van der Waals surface area contributed by atoms with Crippen LogP contribution in [0.15, 0.2) is 76.2 Å². The van der Waals surface area contributed by atoms with E-state index in [4.69, 9.17) is 4.42 Å². The van der Waals surface area contributed by atoms with Gasteiger partial charge in [0.15, 0.2) is 5.43 Å². The smallest absolute Gasteiger partial charge is 0.197 e. The molecule has 4 heteroatoms. The van der Waals surface area contributed by atoms with E-state index in [2.05, 4.69) is 4.98 Å². The van der Waals surface area contributed by atoms with Crippen molar-refractivity contribution in [2.24, 2.45) is 0 Å². The van der Waals surface area contributed by atoms with E-state index >= 15 is 0 Å². The molecule has 0 saturated carbocycles. The Morgan fingerprint density at radius 2 is 1.72 bits per heavy atom. The van der Waals surface area contributed by atoms with Crippen LogP contribution < -0.4 is 5.43 Å². The second-order valence-electron chi connectivity index (χ2n) is 5.86. The average Bonchev–Trinajstić information content (AvgIpc) is 2.62. The Kier molecular flexibility index (Phi) is 3.58. The zero-order chi connectivity index (χ0) is 17.4. The summed E-state index contributed by atoms with van der Waals surface area (Å²) in [7, 11) is 0. The molecular weight excluding hydrogens is 314 g/mol. The first-order chi connectivity index (χ1) is 12.1. The number of fused-ring (bicyclic) bond motifs is 1. The van der Waals surface area contributed by atoms with Crippen LogP contribution in [0.3, 0.4) is 0 Å². The number of rotatable bonds is 2. The molecule has 122 valence electrons. The molecule has 0 fully saturated rings. The fraction of sp³-hybridized carbons (Fsp3) is 0.0476. The lowest BCUT2D eigenvalue weighted by Gasteiger charge is -2.10. The third-order valence-electron chi connectivity index (χ3n) is 4.26. The molecule has 2 aromatic carbocycles. The van der Waals surface area contributed by atoms with Crippen molar-refractivity contribution in [1.82, 2.24) is 4.98 Å². The summed E-state index contributed by atoms with van der Waals surface area (Å²) in [5.74, 6) is 0.398. The summed E-state index contributed by atoms with van der Waals surface area (Å²) in [6.07, 6.45) is 3.36. The molecule has 1 N–H and O–H groups in total. The van der Waals surface area contributed by atoms with E-state index in [-0.39, 0.29) is 16.6 Å². The lowest BCUT2D eigenvalue weighted by molar-refractivity contribution is 0.480. The topological polar surface area (TPSA) is 63.3 Å². The summed E-state index contributed by atoms with van der Waals surface area (Å²) < 4.78 is 6.10. The van der Waals surface area contributed by atoms with Crippen molar-refractivity contribution in [3.05, 3.63) is 82.8 Å². The summed E-state index contributed by atoms with van der Waals surface area (Å²) in [5, 5.41) is 10.4. The van der Waals surface area contributed by atoms with Crippen LogP contribution in [0.5, 0.6) is 5.75 Å². The SMILES string of the molecule is Cc1ccccc1-c1cc(=O)c2c(O)ccc(-c3ccncc3)c2o1. The van der Waals surface area contributed by atoms with Crippen LogP contribution in [0.25, 0.3) is 33.4 Å². The molecule has 4 rings (SSSR count). The Hall–Kier alpha value is -3.40. The third kappa shape index (κ3) is 2.58. The van der Waals surface area contributed by atoms with Gasteiger partial charge >= 0.3 is 0 Å². The predicted octanol–water partition coefficient (Wildman–Crippen LogP) is 4.54. The van der Waals surface area contributed by atoms with Crippen LogP contribution in [0.4, 0.5) is 0 Å². The van der Waals surface area contributed by atoms with Gasteiger partial charge in [0.1, 0.15) is 22.5 Å². The van der Waals surface area contributed by atoms with Gasteiger partial charge in [0, 0.05) is 29.6 Å². The van der Waals surface area contributed by atoms with Crippen LogP contribution in [-0.4, -0.2) is 10.1 Å². The van der Waals surface area contributed by atoms with Crippen molar-refractivity contribution in [1.29, 1.82) is 0 Å². The number of phenols is 1. The van der Waals surface area contributed by atoms with Gasteiger partial charge in [-0.3, -0.25) is 9.78 Å². The molecule has 0 amide bonds. The lowest BCUT2D eigenvalue weighted by atomic mass is 10.0. The average molecular weight is 329 g/mol. The number of hydrogen-bond donors (Lipinski definition) is 1. The first-order valence-electron chi connectivity index (χ1n) is 7.91. The van der Waals surface area contributed by atoms with Gasteiger partial charge in [-0.1, -0.05) is 24.3 Å². The minimum Gasteiger partial charge on any atom is -0.507 e. The maximum atomic E-state index is 12.7. The first kappa shape index (κ1) is 15.1. The highest BCUT2D eigenvalue weighted by Crippen LogP contribution is 2.34. The molecule has 0 atom stereocenters. The van der Waals surface area contributed by atoms with Gasteiger partial charge in [0.2, 0.25) is 0 Å². The number of nitrogens with zero attached hydrogens (tertiary/aromatic N) is 1. The van der Waals surface area contributed by atoms with Gasteiger partial charge in [0.05, 0.1) is 0 Å². The molecule has 0 aliphatic rings. The normalized spacial score (nSPS) is 10.9. The molecule has 0 saturated heterocycles. The van der Waals surface area contributed by atoms with Gasteiger partial charge in [-0.2, -0.15) is 0 Å². The highest BCUT2D eigenvalue weighted by molar-refractivity contribution is 5.96. The van der Waals surface area contributed by atoms with Crippen molar-refractivity contribution in [2.75, 3.05) is 0 Å². The number of pyridine rings is 1. The van der Waals surface area contributed by atoms with Gasteiger partial charge < -0.3 is 9.52 Å². The van der Waals surface area contributed by atoms with Gasteiger partial charge in [0.25, 0.3) is 0 Å². The Morgan fingerprint density at radius 3 is 2.48 bits per heavy atom. The quantitative estimate of drug-likeness (QED) is 0.586. The Bertz CT molecular complexity index is 1130. The van der Waals surface area contributed by atoms with Crippen LogP contribution >= 0.6 is 0 Å². The van der Waals surface area contributed by atoms with E-state index < -0.39 is 0 Å². The summed E-state index contributed by atoms with van der Waals surface area (Å²) in [5.41, 5.74) is 3.57. The summed E-state index contributed by atoms with van der Waals surface area (Å²) in [6, 6.07) is 16.1. The van der Waals surface area contributed by atoms with E-state index in [1.165, 1.54) is 12.1 Å². The Morgan fingerprint density at radius 1 is 0.960 bits per heavy atom. The van der Waals surface area contributed by atoms with Crippen LogP contribution in [0.1, 0.15) is 5.56 Å². The Labute approximate surface area is 144 Å². The monoisotopic (exact) mass is 329 g/mol. The summed E-state index contributed by atoms with van der Waals surface area (Å²) in [6.45, 7) is 1.96. The van der Waals surface area contributed by atoms with Crippen LogP contribution in [0.2, 0.25) is 0 Å². The van der Waals surface area contributed by atoms with Crippen molar-refractivity contribution in [2.45, 2.75) is 6.92 Å². The fourth-order valence-corrected chi connectivity index (χ4v) is 2.99. The zero-order valence-corrected chi connectivity index (χ0v) is 13.6. The number of benzene rings is 2. The minimum absolute atomic E-state index is 0.0853. The number of hydrogen-bond acceptors (Lipinski definition) is 4. The Balaban J connectivity index is 2.08. The maximum Gasteiger partial charge on any atom is 0.197 e. The molecule has 0 unspecified atom stereocenters. The van der Waals surface area contributed by atoms with Crippen molar-refractivity contribution in [3.63, 3.8) is 0 Å². The number of aromatic nitrogens is 1. The second kappa shape index (κ2) is 5.91. The highest BCUT2D eigenvalue weighted by Gasteiger charge is 2.16. The summed E-state index contributed by atoms with van der Waals surface area (Å²) >= 11 is 0. The number of phenolic OH excluding ortho intramolecular Hbond substituents is 1. The minimum atomic E-state index is -0.270. The van der Waals surface area contributed by atoms with E-state index in [0.717, 1.165) is 22.3 Å². The molecule has 4 nitrogen and oxygen atoms in total. The van der Waals surface area contributed by atoms with Crippen molar-refractivity contribution >= 4 is 11.0 Å². The molecule has 2 heterocycles. The van der Waals surface area contributed by atoms with Crippen LogP contribution in [0, 0.1) is 6.92 Å². The van der Waals surface area contributed by atoms with E-state index in [9.17, 15) is 9.90 Å². The molecule has 0 radical (unpaired) electrons. The summed E-state index contributed by atoms with van der Waals surface area (Å²) in [4.78, 5) is 16.7. The van der Waals surface area contributed by atoms with E-state index in [1.54, 1.807) is 18.5 Å². The fourth-order valence-electron chi connectivity index (χ4n) is 2.99. The van der Waals surface area contributed by atoms with E-state index in [1.807, 2.05) is 43.3 Å². The van der Waals surface area contributed by atoms with Crippen molar-refractivity contribution in [3.8, 4) is 28.2 Å². The highest BCUT2D eigenvalue weighted by atomic mass is 16.3. The standard InChI is InChI=1S/C21H15NO3/c1-13-4-2-3-5-15(13)19-12-18(24)20-17(23)7-6-16(21(20)25-19)14-8-10-22-11-9-14/h2-12,23H,1H3. The van der Waals surface area contributed by atoms with Gasteiger partial charge in [-0.05, 0) is 42.3 Å². The molecule has 25 heavy (non-hydrogen) atoms. The first-order valence-corrected chi connectivity index (χ1v) is 7.91. The van der Waals surface area contributed by atoms with Crippen molar-refractivity contribution < 1.29 is 9.52 Å². The second-order valence-corrected chi connectivity index (χ2v) is 5.86. The molecular formula is C21H15NO3. The lowest BCUT2D eigenvalue weighted by Crippen LogP contribution is -2.02. The zero-order valence-electron chi connectivity index (χ0n) is 13.6. The number of aryl methyl sites for hydroxylation is 1. The van der Waals surface area contributed by atoms with Crippen LogP contribution in [-0.2, 0) is 0 Å². The van der Waals surface area contributed by atoms with Gasteiger partial charge in [-0.15, -0.1) is 0 Å². The molecule has 0 spiro atoms. The third-order valence-corrected chi connectivity index (χ3v) is 4.26. The van der Waals surface area contributed by atoms with Gasteiger partial charge in [-0.25, -0.2) is 0 Å². The van der Waals surface area contributed by atoms with E-state index in [0.29, 0.717) is 11.3 Å². The predicted molar refractivity (Wildman–Crippen MR) is 97.6 cm³/mol. The molecule has 0 bridgehead atoms. The molecule has 0 aliphatic heterocycles. The molecule has 4 aromatic rings. The maximum absolute atomic E-state index is 12.7. The largest absolute Gasteiger partial charge is 0.507 e.